The van der Waals surface area contributed by atoms with E-state index in [9.17, 15) is 13.2 Å². The number of aryl methyl sites for hydroxylation is 1. The molecule has 0 saturated heterocycles. The molecule has 0 aromatic heterocycles. The van der Waals surface area contributed by atoms with E-state index in [0.29, 0.717) is 16.8 Å². The molecule has 2 aromatic carbocycles. The Bertz CT molecular complexity index is 860. The van der Waals surface area contributed by atoms with Crippen LogP contribution >= 0.6 is 0 Å². The van der Waals surface area contributed by atoms with E-state index in [0.717, 1.165) is 0 Å². The summed E-state index contributed by atoms with van der Waals surface area (Å²) in [6.07, 6.45) is 1.53. The van der Waals surface area contributed by atoms with Gasteiger partial charge in [-0.3, -0.25) is 4.31 Å². The maximum Gasteiger partial charge on any atom is 0.338 e. The molecule has 2 rings (SSSR count). The number of nitrogens with zero attached hydrogens (tertiary/aromatic N) is 1. The molecule has 0 bridgehead atoms. The predicted octanol–water partition coefficient (Wildman–Crippen LogP) is 3.55. The molecule has 2 aromatic rings. The maximum atomic E-state index is 13.0. The van der Waals surface area contributed by atoms with E-state index in [1.807, 2.05) is 0 Å². The van der Waals surface area contributed by atoms with Crippen molar-refractivity contribution in [2.45, 2.75) is 18.7 Å². The van der Waals surface area contributed by atoms with Crippen LogP contribution in [0.15, 0.2) is 66.1 Å². The van der Waals surface area contributed by atoms with Gasteiger partial charge in [0, 0.05) is 0 Å². The van der Waals surface area contributed by atoms with Gasteiger partial charge in [-0.2, -0.15) is 0 Å². The average Bonchev–Trinajstić information content (AvgIpc) is 2.61. The standard InChI is InChI=1S/C19H21NO4S/c1-4-13-20(25(22,23)17-9-7-6-8-10-17)18-12-11-16(14-15(18)3)19(21)24-5-2/h4,6-12,14H,1,5,13H2,2-3H3. The van der Waals surface area contributed by atoms with Gasteiger partial charge in [0.1, 0.15) is 0 Å². The smallest absolute Gasteiger partial charge is 0.338 e. The van der Waals surface area contributed by atoms with Crippen molar-refractivity contribution in [3.05, 3.63) is 72.3 Å². The van der Waals surface area contributed by atoms with Crippen LogP contribution in [-0.2, 0) is 14.8 Å². The van der Waals surface area contributed by atoms with E-state index in [2.05, 4.69) is 6.58 Å². The Labute approximate surface area is 148 Å². The summed E-state index contributed by atoms with van der Waals surface area (Å²) in [5, 5.41) is 0. The van der Waals surface area contributed by atoms with Crippen LogP contribution in [0.1, 0.15) is 22.8 Å². The zero-order valence-corrected chi connectivity index (χ0v) is 15.1. The van der Waals surface area contributed by atoms with E-state index < -0.39 is 16.0 Å². The van der Waals surface area contributed by atoms with E-state index in [1.54, 1.807) is 62.4 Å². The number of esters is 1. The molecule has 6 heteroatoms. The third kappa shape index (κ3) is 4.09. The number of benzene rings is 2. The third-order valence-corrected chi connectivity index (χ3v) is 5.40. The molecule has 5 nitrogen and oxygen atoms in total. The number of rotatable bonds is 7. The molecular weight excluding hydrogens is 338 g/mol. The van der Waals surface area contributed by atoms with Crippen molar-refractivity contribution in [2.24, 2.45) is 0 Å². The molecular formula is C19H21NO4S. The summed E-state index contributed by atoms with van der Waals surface area (Å²) in [5.41, 5.74) is 1.54. The van der Waals surface area contributed by atoms with Crippen molar-refractivity contribution >= 4 is 21.7 Å². The molecule has 0 heterocycles. The van der Waals surface area contributed by atoms with Crippen LogP contribution in [0.5, 0.6) is 0 Å². The Morgan fingerprint density at radius 2 is 1.88 bits per heavy atom. The first kappa shape index (κ1) is 18.7. The molecule has 25 heavy (non-hydrogen) atoms. The zero-order valence-electron chi connectivity index (χ0n) is 14.3. The minimum absolute atomic E-state index is 0.122. The van der Waals surface area contributed by atoms with Crippen LogP contribution < -0.4 is 4.31 Å². The Morgan fingerprint density at radius 1 is 1.20 bits per heavy atom. The van der Waals surface area contributed by atoms with Crippen molar-refractivity contribution in [1.82, 2.24) is 0 Å². The average molecular weight is 359 g/mol. The lowest BCUT2D eigenvalue weighted by atomic mass is 10.1. The summed E-state index contributed by atoms with van der Waals surface area (Å²) in [4.78, 5) is 12.1. The second-order valence-corrected chi connectivity index (χ2v) is 7.22. The first-order chi connectivity index (χ1) is 11.9. The lowest BCUT2D eigenvalue weighted by Gasteiger charge is -2.25. The highest BCUT2D eigenvalue weighted by atomic mass is 32.2. The largest absolute Gasteiger partial charge is 0.462 e. The summed E-state index contributed by atoms with van der Waals surface area (Å²) < 4.78 is 32.2. The minimum atomic E-state index is -3.74. The summed E-state index contributed by atoms with van der Waals surface area (Å²) >= 11 is 0. The molecule has 0 aliphatic carbocycles. The monoisotopic (exact) mass is 359 g/mol. The first-order valence-electron chi connectivity index (χ1n) is 7.88. The molecule has 0 N–H and O–H groups in total. The van der Waals surface area contributed by atoms with Crippen LogP contribution in [-0.4, -0.2) is 27.5 Å². The summed E-state index contributed by atoms with van der Waals surface area (Å²) in [6.45, 7) is 7.55. The topological polar surface area (TPSA) is 63.7 Å². The molecule has 0 radical (unpaired) electrons. The fourth-order valence-electron chi connectivity index (χ4n) is 2.44. The lowest BCUT2D eigenvalue weighted by Crippen LogP contribution is -2.31. The van der Waals surface area contributed by atoms with Crippen LogP contribution in [0.2, 0.25) is 0 Å². The lowest BCUT2D eigenvalue weighted by molar-refractivity contribution is 0.0526. The molecule has 0 atom stereocenters. The van der Waals surface area contributed by atoms with Crippen LogP contribution in [0, 0.1) is 6.92 Å². The van der Waals surface area contributed by atoms with Gasteiger partial charge in [-0.1, -0.05) is 24.3 Å². The molecule has 0 amide bonds. The van der Waals surface area contributed by atoms with Crippen molar-refractivity contribution in [3.8, 4) is 0 Å². The Kier molecular flexibility index (Phi) is 5.98. The molecule has 0 aliphatic rings. The SMILES string of the molecule is C=CCN(c1ccc(C(=O)OCC)cc1C)S(=O)(=O)c1ccccc1. The van der Waals surface area contributed by atoms with Gasteiger partial charge in [0.05, 0.1) is 29.3 Å². The van der Waals surface area contributed by atoms with Crippen molar-refractivity contribution in [2.75, 3.05) is 17.5 Å². The van der Waals surface area contributed by atoms with Gasteiger partial charge in [-0.05, 0) is 49.7 Å². The van der Waals surface area contributed by atoms with Crippen LogP contribution in [0.4, 0.5) is 5.69 Å². The van der Waals surface area contributed by atoms with Crippen molar-refractivity contribution < 1.29 is 17.9 Å². The summed E-state index contributed by atoms with van der Waals surface area (Å²) in [5.74, 6) is -0.432. The van der Waals surface area contributed by atoms with Crippen LogP contribution in [0.3, 0.4) is 0 Å². The van der Waals surface area contributed by atoms with Gasteiger partial charge in [-0.25, -0.2) is 13.2 Å². The van der Waals surface area contributed by atoms with Crippen molar-refractivity contribution in [3.63, 3.8) is 0 Å². The van der Waals surface area contributed by atoms with Gasteiger partial charge in [0.15, 0.2) is 0 Å². The summed E-state index contributed by atoms with van der Waals surface area (Å²) in [7, 11) is -3.74. The van der Waals surface area contributed by atoms with Gasteiger partial charge in [0.25, 0.3) is 10.0 Å². The highest BCUT2D eigenvalue weighted by Crippen LogP contribution is 2.27. The van der Waals surface area contributed by atoms with Gasteiger partial charge in [0.2, 0.25) is 0 Å². The van der Waals surface area contributed by atoms with Gasteiger partial charge in [-0.15, -0.1) is 6.58 Å². The Hall–Kier alpha value is -2.60. The number of hydrogen-bond acceptors (Lipinski definition) is 4. The molecule has 132 valence electrons. The molecule has 0 unspecified atom stereocenters. The van der Waals surface area contributed by atoms with Crippen molar-refractivity contribution in [1.29, 1.82) is 0 Å². The number of carbonyl (C=O) groups is 1. The predicted molar refractivity (Wildman–Crippen MR) is 98.3 cm³/mol. The van der Waals surface area contributed by atoms with E-state index in [4.69, 9.17) is 4.74 Å². The molecule has 0 spiro atoms. The fraction of sp³-hybridized carbons (Fsp3) is 0.211. The Morgan fingerprint density at radius 3 is 2.44 bits per heavy atom. The highest BCUT2D eigenvalue weighted by molar-refractivity contribution is 7.92. The molecule has 0 saturated carbocycles. The number of ether oxygens (including phenoxy) is 1. The van der Waals surface area contributed by atoms with Gasteiger partial charge < -0.3 is 4.74 Å². The summed E-state index contributed by atoms with van der Waals surface area (Å²) in [6, 6.07) is 13.0. The second-order valence-electron chi connectivity index (χ2n) is 5.36. The highest BCUT2D eigenvalue weighted by Gasteiger charge is 2.25. The number of anilines is 1. The zero-order chi connectivity index (χ0) is 18.4. The minimum Gasteiger partial charge on any atom is -0.462 e. The van der Waals surface area contributed by atoms with Gasteiger partial charge >= 0.3 is 5.97 Å². The quantitative estimate of drug-likeness (QED) is 0.560. The fourth-order valence-corrected chi connectivity index (χ4v) is 3.96. The number of sulfonamides is 1. The van der Waals surface area contributed by atoms with Crippen LogP contribution in [0.25, 0.3) is 0 Å². The first-order valence-corrected chi connectivity index (χ1v) is 9.32. The van der Waals surface area contributed by atoms with E-state index in [-0.39, 0.29) is 18.0 Å². The number of hydrogen-bond donors (Lipinski definition) is 0. The number of carbonyl (C=O) groups excluding carboxylic acids is 1. The second kappa shape index (κ2) is 7.98. The normalized spacial score (nSPS) is 11.0. The van der Waals surface area contributed by atoms with E-state index in [1.165, 1.54) is 10.4 Å². The van der Waals surface area contributed by atoms with E-state index >= 15 is 0 Å². The Balaban J connectivity index is 2.48. The molecule has 0 aliphatic heterocycles. The third-order valence-electron chi connectivity index (χ3n) is 3.60. The maximum absolute atomic E-state index is 13.0. The molecule has 0 fully saturated rings.